The zero-order chi connectivity index (χ0) is 21.4. The molecule has 0 atom stereocenters. The number of halogens is 2. The van der Waals surface area contributed by atoms with Crippen LogP contribution in [0.25, 0.3) is 0 Å². The van der Waals surface area contributed by atoms with Gasteiger partial charge >= 0.3 is 0 Å². The van der Waals surface area contributed by atoms with Gasteiger partial charge in [-0.05, 0) is 37.0 Å². The van der Waals surface area contributed by atoms with Gasteiger partial charge < -0.3 is 5.32 Å². The van der Waals surface area contributed by atoms with Gasteiger partial charge in [0.15, 0.2) is 0 Å². The number of alkyl halides is 2. The van der Waals surface area contributed by atoms with Crippen LogP contribution in [0.3, 0.4) is 0 Å². The highest BCUT2D eigenvalue weighted by atomic mass is 32.2. The largest absolute Gasteiger partial charge is 0.353 e. The van der Waals surface area contributed by atoms with Gasteiger partial charge in [-0.25, -0.2) is 17.2 Å². The van der Waals surface area contributed by atoms with Gasteiger partial charge in [0.05, 0.1) is 11.4 Å². The van der Waals surface area contributed by atoms with Crippen LogP contribution in [0.1, 0.15) is 38.7 Å². The third kappa shape index (κ3) is 7.01. The fourth-order valence-electron chi connectivity index (χ4n) is 3.55. The number of nitrogens with zero attached hydrogens (tertiary/aromatic N) is 2. The van der Waals surface area contributed by atoms with Gasteiger partial charge in [-0.1, -0.05) is 26.0 Å². The number of amides is 1. The number of rotatable bonds is 10. The van der Waals surface area contributed by atoms with Crippen molar-refractivity contribution in [2.45, 2.75) is 56.9 Å². The standard InChI is InChI=1S/C20H31F2N3O3S/c1-3-25(4-2)29(27,28)18-8-5-16(6-9-18)7-10-20(26)23-17-11-13-24(14-12-17)15-19(21)22/h5-6,8-9,17,19H,3-4,7,10-15H2,1-2H3,(H,23,26). The Balaban J connectivity index is 1.79. The van der Waals surface area contributed by atoms with E-state index < -0.39 is 16.4 Å². The number of carbonyl (C=O) groups excluding carboxylic acids is 1. The van der Waals surface area contributed by atoms with Crippen LogP contribution in [0.2, 0.25) is 0 Å². The number of carbonyl (C=O) groups is 1. The highest BCUT2D eigenvalue weighted by Crippen LogP contribution is 2.17. The molecule has 1 aromatic carbocycles. The SMILES string of the molecule is CCN(CC)S(=O)(=O)c1ccc(CCC(=O)NC2CCN(CC(F)F)CC2)cc1. The van der Waals surface area contributed by atoms with Gasteiger partial charge in [0.2, 0.25) is 15.9 Å². The number of piperidine rings is 1. The fourth-order valence-corrected chi connectivity index (χ4v) is 5.01. The minimum atomic E-state index is -3.48. The Morgan fingerprint density at radius 3 is 2.28 bits per heavy atom. The molecule has 29 heavy (non-hydrogen) atoms. The number of sulfonamides is 1. The third-order valence-electron chi connectivity index (χ3n) is 5.26. The molecule has 1 aromatic rings. The van der Waals surface area contributed by atoms with Crippen molar-refractivity contribution in [1.29, 1.82) is 0 Å². The van der Waals surface area contributed by atoms with Crippen LogP contribution in [-0.4, -0.2) is 68.7 Å². The van der Waals surface area contributed by atoms with E-state index in [2.05, 4.69) is 5.32 Å². The summed E-state index contributed by atoms with van der Waals surface area (Å²) < 4.78 is 51.2. The monoisotopic (exact) mass is 431 g/mol. The molecular formula is C20H31F2N3O3S. The summed E-state index contributed by atoms with van der Waals surface area (Å²) in [6.07, 6.45) is -0.150. The Hall–Kier alpha value is -1.58. The van der Waals surface area contributed by atoms with Crippen LogP contribution in [0.4, 0.5) is 8.78 Å². The maximum atomic E-state index is 12.5. The second kappa shape index (κ2) is 11.0. The first-order valence-corrected chi connectivity index (χ1v) is 11.6. The minimum Gasteiger partial charge on any atom is -0.353 e. The molecule has 0 radical (unpaired) electrons. The number of hydrogen-bond acceptors (Lipinski definition) is 4. The van der Waals surface area contributed by atoms with E-state index >= 15 is 0 Å². The molecule has 0 aliphatic carbocycles. The van der Waals surface area contributed by atoms with Crippen molar-refractivity contribution in [2.75, 3.05) is 32.7 Å². The van der Waals surface area contributed by atoms with Crippen molar-refractivity contribution >= 4 is 15.9 Å². The van der Waals surface area contributed by atoms with Crippen molar-refractivity contribution in [2.24, 2.45) is 0 Å². The van der Waals surface area contributed by atoms with E-state index in [9.17, 15) is 22.0 Å². The Kier molecular flexibility index (Phi) is 8.98. The zero-order valence-electron chi connectivity index (χ0n) is 17.1. The molecule has 0 bridgehead atoms. The van der Waals surface area contributed by atoms with Crippen molar-refractivity contribution in [3.05, 3.63) is 29.8 Å². The lowest BCUT2D eigenvalue weighted by molar-refractivity contribution is -0.122. The molecule has 1 aliphatic rings. The normalized spacial score (nSPS) is 16.5. The molecule has 0 saturated carbocycles. The summed E-state index contributed by atoms with van der Waals surface area (Å²) in [4.78, 5) is 14.2. The van der Waals surface area contributed by atoms with Gasteiger partial charge in [0.1, 0.15) is 0 Å². The van der Waals surface area contributed by atoms with E-state index in [0.717, 1.165) is 5.56 Å². The smallest absolute Gasteiger partial charge is 0.251 e. The van der Waals surface area contributed by atoms with E-state index in [1.165, 1.54) is 4.31 Å². The Morgan fingerprint density at radius 1 is 1.17 bits per heavy atom. The summed E-state index contributed by atoms with van der Waals surface area (Å²) in [5.74, 6) is -0.0721. The molecule has 0 unspecified atom stereocenters. The van der Waals surface area contributed by atoms with E-state index in [1.54, 1.807) is 43.0 Å². The number of hydrogen-bond donors (Lipinski definition) is 1. The zero-order valence-corrected chi connectivity index (χ0v) is 17.9. The second-order valence-electron chi connectivity index (χ2n) is 7.27. The van der Waals surface area contributed by atoms with E-state index in [-0.39, 0.29) is 23.4 Å². The summed E-state index contributed by atoms with van der Waals surface area (Å²) >= 11 is 0. The first-order valence-electron chi connectivity index (χ1n) is 10.1. The number of nitrogens with one attached hydrogen (secondary N) is 1. The lowest BCUT2D eigenvalue weighted by Gasteiger charge is -2.32. The van der Waals surface area contributed by atoms with Gasteiger partial charge in [-0.3, -0.25) is 9.69 Å². The Bertz CT molecular complexity index is 745. The van der Waals surface area contributed by atoms with Crippen molar-refractivity contribution < 1.29 is 22.0 Å². The molecule has 6 nitrogen and oxygen atoms in total. The third-order valence-corrected chi connectivity index (χ3v) is 7.32. The van der Waals surface area contributed by atoms with E-state index in [1.807, 2.05) is 0 Å². The van der Waals surface area contributed by atoms with Crippen molar-refractivity contribution in [3.8, 4) is 0 Å². The summed E-state index contributed by atoms with van der Waals surface area (Å²) in [5, 5.41) is 2.97. The van der Waals surface area contributed by atoms with Crippen LogP contribution in [0, 0.1) is 0 Å². The predicted octanol–water partition coefficient (Wildman–Crippen LogP) is 2.50. The Morgan fingerprint density at radius 2 is 1.76 bits per heavy atom. The van der Waals surface area contributed by atoms with Gasteiger partial charge in [-0.2, -0.15) is 4.31 Å². The first kappa shape index (κ1) is 23.7. The lowest BCUT2D eigenvalue weighted by atomic mass is 10.0. The van der Waals surface area contributed by atoms with E-state index in [0.29, 0.717) is 51.9 Å². The van der Waals surface area contributed by atoms with Crippen LogP contribution < -0.4 is 5.32 Å². The summed E-state index contributed by atoms with van der Waals surface area (Å²) in [7, 11) is -3.48. The van der Waals surface area contributed by atoms with Crippen LogP contribution in [0.5, 0.6) is 0 Å². The molecule has 1 N–H and O–H groups in total. The highest BCUT2D eigenvalue weighted by molar-refractivity contribution is 7.89. The predicted molar refractivity (Wildman–Crippen MR) is 108 cm³/mol. The average Bonchev–Trinajstić information content (AvgIpc) is 2.68. The topological polar surface area (TPSA) is 69.7 Å². The molecule has 9 heteroatoms. The molecule has 1 saturated heterocycles. The molecule has 164 valence electrons. The molecule has 1 fully saturated rings. The first-order chi connectivity index (χ1) is 13.8. The summed E-state index contributed by atoms with van der Waals surface area (Å²) in [6.45, 7) is 5.37. The maximum absolute atomic E-state index is 12.5. The minimum absolute atomic E-state index is 0.0259. The number of benzene rings is 1. The molecule has 2 rings (SSSR count). The fraction of sp³-hybridized carbons (Fsp3) is 0.650. The quantitative estimate of drug-likeness (QED) is 0.618. The molecular weight excluding hydrogens is 400 g/mol. The molecule has 1 heterocycles. The average molecular weight is 432 g/mol. The molecule has 0 aromatic heterocycles. The van der Waals surface area contributed by atoms with Crippen molar-refractivity contribution in [1.82, 2.24) is 14.5 Å². The van der Waals surface area contributed by atoms with E-state index in [4.69, 9.17) is 0 Å². The number of likely N-dealkylation sites (tertiary alicyclic amines) is 1. The summed E-state index contributed by atoms with van der Waals surface area (Å²) in [6, 6.07) is 6.68. The highest BCUT2D eigenvalue weighted by Gasteiger charge is 2.23. The lowest BCUT2D eigenvalue weighted by Crippen LogP contribution is -2.45. The van der Waals surface area contributed by atoms with Crippen molar-refractivity contribution in [3.63, 3.8) is 0 Å². The van der Waals surface area contributed by atoms with Crippen LogP contribution in [0.15, 0.2) is 29.2 Å². The molecule has 0 spiro atoms. The van der Waals surface area contributed by atoms with Gasteiger partial charge in [0, 0.05) is 38.6 Å². The Labute approximate surface area is 172 Å². The summed E-state index contributed by atoms with van der Waals surface area (Å²) in [5.41, 5.74) is 0.894. The van der Waals surface area contributed by atoms with Crippen LogP contribution in [-0.2, 0) is 21.2 Å². The molecule has 1 aliphatic heterocycles. The van der Waals surface area contributed by atoms with Crippen LogP contribution >= 0.6 is 0 Å². The second-order valence-corrected chi connectivity index (χ2v) is 9.20. The maximum Gasteiger partial charge on any atom is 0.251 e. The number of aryl methyl sites for hydroxylation is 1. The van der Waals surface area contributed by atoms with Gasteiger partial charge in [-0.15, -0.1) is 0 Å². The van der Waals surface area contributed by atoms with Gasteiger partial charge in [0.25, 0.3) is 6.43 Å². The molecule has 1 amide bonds.